The van der Waals surface area contributed by atoms with E-state index in [1.165, 1.54) is 30.3 Å². The van der Waals surface area contributed by atoms with E-state index in [-0.39, 0.29) is 27.5 Å². The fourth-order valence-corrected chi connectivity index (χ4v) is 4.24. The van der Waals surface area contributed by atoms with E-state index in [2.05, 4.69) is 5.32 Å². The van der Waals surface area contributed by atoms with Crippen molar-refractivity contribution in [3.8, 4) is 5.75 Å². The van der Waals surface area contributed by atoms with E-state index in [1.807, 2.05) is 13.8 Å². The van der Waals surface area contributed by atoms with Crippen molar-refractivity contribution in [1.82, 2.24) is 5.32 Å². The minimum Gasteiger partial charge on any atom is -0.378 e. The summed E-state index contributed by atoms with van der Waals surface area (Å²) in [4.78, 5) is 38.8. The maximum atomic E-state index is 13.1. The highest BCUT2D eigenvalue weighted by Crippen LogP contribution is 2.28. The lowest BCUT2D eigenvalue weighted by molar-refractivity contribution is -0.122. The molecular weight excluding hydrogens is 456 g/mol. The zero-order valence-corrected chi connectivity index (χ0v) is 19.1. The highest BCUT2D eigenvalue weighted by molar-refractivity contribution is 7.87. The molecule has 0 bridgehead atoms. The summed E-state index contributed by atoms with van der Waals surface area (Å²) in [6, 6.07) is 18.0. The molecule has 4 rings (SSSR count). The Balaban J connectivity index is 1.70. The number of hydrogen-bond donors (Lipinski definition) is 1. The first-order valence-electron chi connectivity index (χ1n) is 10.2. The average Bonchev–Trinajstić information content (AvgIpc) is 2.79. The molecule has 1 saturated heterocycles. The zero-order valence-electron chi connectivity index (χ0n) is 18.3. The highest BCUT2D eigenvalue weighted by atomic mass is 32.2. The van der Waals surface area contributed by atoms with Gasteiger partial charge in [0, 0.05) is 5.56 Å². The van der Waals surface area contributed by atoms with E-state index in [4.69, 9.17) is 4.18 Å². The maximum absolute atomic E-state index is 13.1. The average molecular weight is 477 g/mol. The van der Waals surface area contributed by atoms with Crippen molar-refractivity contribution >= 4 is 39.7 Å². The van der Waals surface area contributed by atoms with E-state index in [0.29, 0.717) is 0 Å². The van der Waals surface area contributed by atoms with Crippen LogP contribution in [0.3, 0.4) is 0 Å². The smallest absolute Gasteiger partial charge is 0.339 e. The standard InChI is InChI=1S/C25H20N2O6S/c1-16-7-11-19(12-8-16)27-24(29)21(23(28)26-25(27)30)15-18-5-3-4-6-22(18)33-34(31,32)20-13-9-17(2)10-14-20/h3-15H,1-2H3,(H,26,28,30)/b21-15+. The molecule has 1 N–H and O–H groups in total. The van der Waals surface area contributed by atoms with Crippen LogP contribution >= 0.6 is 0 Å². The fourth-order valence-electron chi connectivity index (χ4n) is 3.29. The topological polar surface area (TPSA) is 110 Å². The number of hydrogen-bond acceptors (Lipinski definition) is 6. The van der Waals surface area contributed by atoms with Gasteiger partial charge in [-0.05, 0) is 50.3 Å². The number of barbiturate groups is 1. The SMILES string of the molecule is Cc1ccc(N2C(=O)NC(=O)/C(=C\c3ccccc3OS(=O)(=O)c3ccc(C)cc3)C2=O)cc1. The molecule has 34 heavy (non-hydrogen) atoms. The summed E-state index contributed by atoms with van der Waals surface area (Å²) in [5, 5.41) is 2.14. The third kappa shape index (κ3) is 4.60. The number of para-hydroxylation sites is 1. The van der Waals surface area contributed by atoms with Gasteiger partial charge in [-0.15, -0.1) is 0 Å². The third-order valence-corrected chi connectivity index (χ3v) is 6.37. The normalized spacial score (nSPS) is 15.4. The minimum absolute atomic E-state index is 0.0387. The number of benzene rings is 3. The molecule has 1 aliphatic rings. The third-order valence-electron chi connectivity index (χ3n) is 5.12. The van der Waals surface area contributed by atoms with Crippen LogP contribution in [-0.4, -0.2) is 26.3 Å². The molecule has 172 valence electrons. The van der Waals surface area contributed by atoms with Crippen LogP contribution in [0.4, 0.5) is 10.5 Å². The van der Waals surface area contributed by atoms with Gasteiger partial charge in [0.25, 0.3) is 11.8 Å². The maximum Gasteiger partial charge on any atom is 0.339 e. The summed E-state index contributed by atoms with van der Waals surface area (Å²) in [6.07, 6.45) is 1.20. The Hall–Kier alpha value is -4.24. The second-order valence-electron chi connectivity index (χ2n) is 7.68. The molecule has 3 aromatic rings. The number of urea groups is 1. The molecule has 0 saturated carbocycles. The fraction of sp³-hybridized carbons (Fsp3) is 0.0800. The van der Waals surface area contributed by atoms with E-state index in [0.717, 1.165) is 16.0 Å². The lowest BCUT2D eigenvalue weighted by Crippen LogP contribution is -2.54. The molecule has 9 heteroatoms. The van der Waals surface area contributed by atoms with Crippen LogP contribution in [0.5, 0.6) is 5.75 Å². The Morgan fingerprint density at radius 2 is 1.41 bits per heavy atom. The monoisotopic (exact) mass is 476 g/mol. The first kappa shape index (κ1) is 22.9. The van der Waals surface area contributed by atoms with Crippen molar-refractivity contribution < 1.29 is 27.0 Å². The van der Waals surface area contributed by atoms with Gasteiger partial charge in [-0.25, -0.2) is 9.69 Å². The molecule has 0 radical (unpaired) electrons. The number of imide groups is 2. The molecule has 3 aromatic carbocycles. The minimum atomic E-state index is -4.17. The number of carbonyl (C=O) groups excluding carboxylic acids is 3. The van der Waals surface area contributed by atoms with Crippen LogP contribution in [-0.2, 0) is 19.7 Å². The number of nitrogens with one attached hydrogen (secondary N) is 1. The molecule has 0 aliphatic carbocycles. The van der Waals surface area contributed by atoms with E-state index < -0.39 is 28.0 Å². The number of aryl methyl sites for hydroxylation is 2. The van der Waals surface area contributed by atoms with Gasteiger partial charge < -0.3 is 4.18 Å². The van der Waals surface area contributed by atoms with Crippen LogP contribution in [0.25, 0.3) is 6.08 Å². The molecule has 0 spiro atoms. The van der Waals surface area contributed by atoms with E-state index in [1.54, 1.807) is 48.5 Å². The van der Waals surface area contributed by atoms with Gasteiger partial charge in [-0.1, -0.05) is 53.6 Å². The first-order valence-corrected chi connectivity index (χ1v) is 11.6. The van der Waals surface area contributed by atoms with Gasteiger partial charge in [0.1, 0.15) is 16.2 Å². The molecule has 8 nitrogen and oxygen atoms in total. The molecular formula is C25H20N2O6S. The Labute approximate surface area is 196 Å². The summed E-state index contributed by atoms with van der Waals surface area (Å²) < 4.78 is 30.8. The zero-order chi connectivity index (χ0) is 24.5. The molecule has 1 aliphatic heterocycles. The highest BCUT2D eigenvalue weighted by Gasteiger charge is 2.37. The Morgan fingerprint density at radius 3 is 2.06 bits per heavy atom. The number of nitrogens with zero attached hydrogens (tertiary/aromatic N) is 1. The summed E-state index contributed by atoms with van der Waals surface area (Å²) >= 11 is 0. The number of rotatable bonds is 5. The van der Waals surface area contributed by atoms with Crippen molar-refractivity contribution in [2.45, 2.75) is 18.7 Å². The number of carbonyl (C=O) groups is 3. The summed E-state index contributed by atoms with van der Waals surface area (Å²) in [7, 11) is -4.17. The van der Waals surface area contributed by atoms with Crippen LogP contribution in [0.1, 0.15) is 16.7 Å². The van der Waals surface area contributed by atoms with Crippen molar-refractivity contribution in [2.24, 2.45) is 0 Å². The van der Waals surface area contributed by atoms with E-state index >= 15 is 0 Å². The van der Waals surface area contributed by atoms with Gasteiger partial charge in [0.05, 0.1) is 5.69 Å². The van der Waals surface area contributed by atoms with Gasteiger partial charge in [0.2, 0.25) is 0 Å². The largest absolute Gasteiger partial charge is 0.378 e. The predicted octanol–water partition coefficient (Wildman–Crippen LogP) is 3.74. The molecule has 0 aromatic heterocycles. The molecule has 1 heterocycles. The van der Waals surface area contributed by atoms with Crippen LogP contribution in [0.2, 0.25) is 0 Å². The van der Waals surface area contributed by atoms with Crippen molar-refractivity contribution in [3.05, 3.63) is 95.1 Å². The molecule has 0 unspecified atom stereocenters. The van der Waals surface area contributed by atoms with Crippen LogP contribution in [0.15, 0.2) is 83.3 Å². The molecule has 1 fully saturated rings. The Kier molecular flexibility index (Phi) is 6.04. The quantitative estimate of drug-likeness (QED) is 0.341. The number of anilines is 1. The lowest BCUT2D eigenvalue weighted by Gasteiger charge is -2.26. The van der Waals surface area contributed by atoms with Gasteiger partial charge in [0.15, 0.2) is 0 Å². The second-order valence-corrected chi connectivity index (χ2v) is 9.23. The Bertz CT molecular complexity index is 1420. The lowest BCUT2D eigenvalue weighted by atomic mass is 10.1. The first-order chi connectivity index (χ1) is 16.2. The predicted molar refractivity (Wildman–Crippen MR) is 126 cm³/mol. The van der Waals surface area contributed by atoms with Crippen molar-refractivity contribution in [1.29, 1.82) is 0 Å². The Morgan fingerprint density at radius 1 is 0.824 bits per heavy atom. The summed E-state index contributed by atoms with van der Waals surface area (Å²) in [5.41, 5.74) is 1.94. The van der Waals surface area contributed by atoms with E-state index in [9.17, 15) is 22.8 Å². The van der Waals surface area contributed by atoms with Gasteiger partial charge in [-0.3, -0.25) is 14.9 Å². The van der Waals surface area contributed by atoms with Crippen LogP contribution < -0.4 is 14.4 Å². The molecule has 4 amide bonds. The number of amides is 4. The second kappa shape index (κ2) is 8.95. The van der Waals surface area contributed by atoms with Gasteiger partial charge >= 0.3 is 16.1 Å². The summed E-state index contributed by atoms with van der Waals surface area (Å²) in [5.74, 6) is -1.81. The summed E-state index contributed by atoms with van der Waals surface area (Å²) in [6.45, 7) is 3.69. The molecule has 0 atom stereocenters. The van der Waals surface area contributed by atoms with Crippen molar-refractivity contribution in [3.63, 3.8) is 0 Å². The van der Waals surface area contributed by atoms with Crippen LogP contribution in [0, 0.1) is 13.8 Å². The van der Waals surface area contributed by atoms with Crippen molar-refractivity contribution in [2.75, 3.05) is 4.90 Å². The van der Waals surface area contributed by atoms with Gasteiger partial charge in [-0.2, -0.15) is 8.42 Å².